The van der Waals surface area contributed by atoms with Crippen molar-refractivity contribution in [2.24, 2.45) is 7.05 Å². The predicted molar refractivity (Wildman–Crippen MR) is 55.0 cm³/mol. The summed E-state index contributed by atoms with van der Waals surface area (Å²) in [6.07, 6.45) is 3.52. The molecule has 1 amide bonds. The van der Waals surface area contributed by atoms with Crippen LogP contribution in [0.2, 0.25) is 0 Å². The van der Waals surface area contributed by atoms with Crippen LogP contribution in [-0.4, -0.2) is 33.4 Å². The highest BCUT2D eigenvalue weighted by atomic mass is 16.2. The molecule has 0 N–H and O–H groups in total. The summed E-state index contributed by atoms with van der Waals surface area (Å²) in [5.41, 5.74) is 0.955. The van der Waals surface area contributed by atoms with E-state index < -0.39 is 0 Å². The van der Waals surface area contributed by atoms with E-state index >= 15 is 0 Å². The van der Waals surface area contributed by atoms with Crippen LogP contribution in [0.15, 0.2) is 12.4 Å². The van der Waals surface area contributed by atoms with E-state index in [9.17, 15) is 9.59 Å². The fourth-order valence-electron chi connectivity index (χ4n) is 1.26. The Kier molecular flexibility index (Phi) is 3.60. The Morgan fingerprint density at radius 3 is 2.67 bits per heavy atom. The molecule has 0 aliphatic heterocycles. The first-order valence-electron chi connectivity index (χ1n) is 4.70. The molecule has 1 heterocycles. The van der Waals surface area contributed by atoms with E-state index in [2.05, 4.69) is 5.10 Å². The molecule has 1 aromatic heterocycles. The molecule has 0 unspecified atom stereocenters. The number of ketones is 1. The van der Waals surface area contributed by atoms with Crippen molar-refractivity contribution in [1.82, 2.24) is 14.7 Å². The average molecular weight is 209 g/mol. The third-order valence-electron chi connectivity index (χ3n) is 2.00. The summed E-state index contributed by atoms with van der Waals surface area (Å²) in [4.78, 5) is 23.7. The number of hydrogen-bond acceptors (Lipinski definition) is 3. The summed E-state index contributed by atoms with van der Waals surface area (Å²) < 4.78 is 1.68. The van der Waals surface area contributed by atoms with Gasteiger partial charge in [-0.15, -0.1) is 0 Å². The van der Waals surface area contributed by atoms with Gasteiger partial charge in [0.25, 0.3) is 0 Å². The SMILES string of the molecule is CC(=O)CC(=O)N(C)Cc1cnn(C)c1. The van der Waals surface area contributed by atoms with Crippen molar-refractivity contribution in [2.75, 3.05) is 7.05 Å². The van der Waals surface area contributed by atoms with Gasteiger partial charge in [-0.1, -0.05) is 0 Å². The standard InChI is InChI=1S/C10H15N3O2/c1-8(14)4-10(15)12(2)6-9-5-11-13(3)7-9/h5,7H,4,6H2,1-3H3. The van der Waals surface area contributed by atoms with Gasteiger partial charge in [0.15, 0.2) is 0 Å². The molecule has 15 heavy (non-hydrogen) atoms. The Balaban J connectivity index is 2.51. The largest absolute Gasteiger partial charge is 0.341 e. The Morgan fingerprint density at radius 2 is 2.20 bits per heavy atom. The molecule has 0 aliphatic rings. The molecular weight excluding hydrogens is 194 g/mol. The summed E-state index contributed by atoms with van der Waals surface area (Å²) in [7, 11) is 3.50. The maximum absolute atomic E-state index is 11.4. The van der Waals surface area contributed by atoms with Crippen LogP contribution in [0.4, 0.5) is 0 Å². The normalized spacial score (nSPS) is 10.1. The van der Waals surface area contributed by atoms with Crippen molar-refractivity contribution in [3.8, 4) is 0 Å². The number of rotatable bonds is 4. The van der Waals surface area contributed by atoms with Crippen LogP contribution in [0.5, 0.6) is 0 Å². The molecule has 0 saturated heterocycles. The summed E-state index contributed by atoms with van der Waals surface area (Å²) in [5, 5.41) is 4.00. The highest BCUT2D eigenvalue weighted by Gasteiger charge is 2.11. The molecule has 0 radical (unpaired) electrons. The first kappa shape index (κ1) is 11.4. The highest BCUT2D eigenvalue weighted by molar-refractivity contribution is 5.96. The zero-order valence-corrected chi connectivity index (χ0v) is 9.23. The molecule has 1 aromatic rings. The Bertz CT molecular complexity index is 370. The van der Waals surface area contributed by atoms with Gasteiger partial charge < -0.3 is 4.90 Å². The molecule has 5 heteroatoms. The molecule has 0 aromatic carbocycles. The summed E-state index contributed by atoms with van der Waals surface area (Å²) in [5.74, 6) is -0.274. The minimum Gasteiger partial charge on any atom is -0.341 e. The molecule has 0 bridgehead atoms. The van der Waals surface area contributed by atoms with Crippen LogP contribution in [0.1, 0.15) is 18.9 Å². The lowest BCUT2D eigenvalue weighted by molar-refractivity contribution is -0.134. The zero-order chi connectivity index (χ0) is 11.4. The predicted octanol–water partition coefficient (Wildman–Crippen LogP) is 0.358. The van der Waals surface area contributed by atoms with Crippen LogP contribution >= 0.6 is 0 Å². The van der Waals surface area contributed by atoms with Crippen molar-refractivity contribution < 1.29 is 9.59 Å². The van der Waals surface area contributed by atoms with E-state index in [-0.39, 0.29) is 18.1 Å². The van der Waals surface area contributed by atoms with Crippen LogP contribution in [0.3, 0.4) is 0 Å². The summed E-state index contributed by atoms with van der Waals surface area (Å²) in [6.45, 7) is 1.90. The van der Waals surface area contributed by atoms with Gasteiger partial charge in [-0.25, -0.2) is 0 Å². The van der Waals surface area contributed by atoms with Gasteiger partial charge in [-0.2, -0.15) is 5.10 Å². The highest BCUT2D eigenvalue weighted by Crippen LogP contribution is 2.02. The van der Waals surface area contributed by atoms with Gasteiger partial charge in [0.1, 0.15) is 5.78 Å². The number of hydrogen-bond donors (Lipinski definition) is 0. The number of carbonyl (C=O) groups is 2. The molecule has 0 spiro atoms. The van der Waals surface area contributed by atoms with Gasteiger partial charge in [-0.05, 0) is 6.92 Å². The molecule has 0 fully saturated rings. The van der Waals surface area contributed by atoms with E-state index in [4.69, 9.17) is 0 Å². The molecule has 1 rings (SSSR count). The van der Waals surface area contributed by atoms with Gasteiger partial charge in [0.2, 0.25) is 5.91 Å². The second kappa shape index (κ2) is 4.72. The van der Waals surface area contributed by atoms with Gasteiger partial charge in [0, 0.05) is 32.4 Å². The Morgan fingerprint density at radius 1 is 1.53 bits per heavy atom. The lowest BCUT2D eigenvalue weighted by Gasteiger charge is -2.14. The number of Topliss-reactive ketones (excluding diaryl/α,β-unsaturated/α-hetero) is 1. The van der Waals surface area contributed by atoms with Gasteiger partial charge in [0.05, 0.1) is 12.6 Å². The quantitative estimate of drug-likeness (QED) is 0.673. The number of aryl methyl sites for hydroxylation is 1. The maximum Gasteiger partial charge on any atom is 0.230 e. The third kappa shape index (κ3) is 3.53. The lowest BCUT2D eigenvalue weighted by Crippen LogP contribution is -2.27. The van der Waals surface area contributed by atoms with Crippen molar-refractivity contribution >= 4 is 11.7 Å². The monoisotopic (exact) mass is 209 g/mol. The van der Waals surface area contributed by atoms with Crippen molar-refractivity contribution in [3.63, 3.8) is 0 Å². The molecule has 0 saturated carbocycles. The van der Waals surface area contributed by atoms with Crippen LogP contribution in [0, 0.1) is 0 Å². The van der Waals surface area contributed by atoms with E-state index in [0.29, 0.717) is 6.54 Å². The fourth-order valence-corrected chi connectivity index (χ4v) is 1.26. The summed E-state index contributed by atoms with van der Waals surface area (Å²) in [6, 6.07) is 0. The number of nitrogens with zero attached hydrogens (tertiary/aromatic N) is 3. The minimum absolute atomic E-state index is 0.0310. The molecule has 5 nitrogen and oxygen atoms in total. The lowest BCUT2D eigenvalue weighted by atomic mass is 10.2. The zero-order valence-electron chi connectivity index (χ0n) is 9.23. The van der Waals surface area contributed by atoms with E-state index in [1.807, 2.05) is 13.2 Å². The third-order valence-corrected chi connectivity index (χ3v) is 2.00. The fraction of sp³-hybridized carbons (Fsp3) is 0.500. The average Bonchev–Trinajstić information content (AvgIpc) is 2.50. The van der Waals surface area contributed by atoms with Gasteiger partial charge >= 0.3 is 0 Å². The maximum atomic E-state index is 11.4. The second-order valence-electron chi connectivity index (χ2n) is 3.65. The van der Waals surface area contributed by atoms with Crippen molar-refractivity contribution in [1.29, 1.82) is 0 Å². The van der Waals surface area contributed by atoms with Crippen LogP contribution < -0.4 is 0 Å². The van der Waals surface area contributed by atoms with E-state index in [1.54, 1.807) is 17.9 Å². The van der Waals surface area contributed by atoms with Crippen molar-refractivity contribution in [2.45, 2.75) is 19.9 Å². The molecule has 82 valence electrons. The second-order valence-corrected chi connectivity index (χ2v) is 3.65. The van der Waals surface area contributed by atoms with Crippen LogP contribution in [-0.2, 0) is 23.2 Å². The first-order chi connectivity index (χ1) is 6.99. The Labute approximate surface area is 88.7 Å². The molecular formula is C10H15N3O2. The van der Waals surface area contributed by atoms with E-state index in [1.165, 1.54) is 11.8 Å². The number of aromatic nitrogens is 2. The summed E-state index contributed by atoms with van der Waals surface area (Å²) >= 11 is 0. The van der Waals surface area contributed by atoms with Crippen molar-refractivity contribution in [3.05, 3.63) is 18.0 Å². The van der Waals surface area contributed by atoms with Gasteiger partial charge in [-0.3, -0.25) is 14.3 Å². The topological polar surface area (TPSA) is 55.2 Å². The van der Waals surface area contributed by atoms with Crippen LogP contribution in [0.25, 0.3) is 0 Å². The smallest absolute Gasteiger partial charge is 0.230 e. The number of amides is 1. The Hall–Kier alpha value is -1.65. The van der Waals surface area contributed by atoms with E-state index in [0.717, 1.165) is 5.56 Å². The first-order valence-corrected chi connectivity index (χ1v) is 4.70. The molecule has 0 atom stereocenters. The number of carbonyl (C=O) groups excluding carboxylic acids is 2. The minimum atomic E-state index is -0.161. The molecule has 0 aliphatic carbocycles.